The number of alkyl carbamates (subject to hydrolysis) is 2. The number of rotatable bonds is 4. The summed E-state index contributed by atoms with van der Waals surface area (Å²) in [6.07, 6.45) is -1.31. The third kappa shape index (κ3) is 11.5. The lowest BCUT2D eigenvalue weighted by Crippen LogP contribution is -2.36. The van der Waals surface area contributed by atoms with Crippen molar-refractivity contribution < 1.29 is 28.5 Å². The van der Waals surface area contributed by atoms with Crippen molar-refractivity contribution in [3.8, 4) is 0 Å². The molecule has 0 radical (unpaired) electrons. The Balaban J connectivity index is 0.000000637. The fourth-order valence-corrected chi connectivity index (χ4v) is 2.35. The summed E-state index contributed by atoms with van der Waals surface area (Å²) in [5, 5.41) is 10.5. The highest BCUT2D eigenvalue weighted by molar-refractivity contribution is 7.80. The summed E-state index contributed by atoms with van der Waals surface area (Å²) in [6, 6.07) is 6.97. The second kappa shape index (κ2) is 15.3. The summed E-state index contributed by atoms with van der Waals surface area (Å²) in [7, 11) is 0. The van der Waals surface area contributed by atoms with E-state index in [4.69, 9.17) is 43.4 Å². The molecule has 1 heterocycles. The number of carbonyl (C=O) groups is 2. The Morgan fingerprint density at radius 1 is 0.833 bits per heavy atom. The second-order valence-electron chi connectivity index (χ2n) is 5.37. The van der Waals surface area contributed by atoms with E-state index in [1.54, 1.807) is 38.1 Å². The normalized spacial score (nSPS) is 12.3. The van der Waals surface area contributed by atoms with Gasteiger partial charge in [0.1, 0.15) is 0 Å². The second-order valence-corrected chi connectivity index (χ2v) is 6.19. The minimum Gasteiger partial charge on any atom is -0.450 e. The first-order chi connectivity index (χ1) is 14.5. The SMILES string of the molecule is C1COCCO1.CCOC(=O)NC(=S)Nc1ccccc1NC(=S)NC(=O)OCC. The van der Waals surface area contributed by atoms with Gasteiger partial charge in [-0.1, -0.05) is 12.1 Å². The van der Waals surface area contributed by atoms with Gasteiger partial charge in [0, 0.05) is 0 Å². The van der Waals surface area contributed by atoms with Crippen LogP contribution in [0.1, 0.15) is 13.8 Å². The van der Waals surface area contributed by atoms with Crippen molar-refractivity contribution in [2.24, 2.45) is 0 Å². The summed E-state index contributed by atoms with van der Waals surface area (Å²) in [6.45, 7) is 6.96. The first-order valence-corrected chi connectivity index (χ1v) is 10.0. The molecule has 2 rings (SSSR count). The van der Waals surface area contributed by atoms with Crippen LogP contribution in [0.5, 0.6) is 0 Å². The molecule has 10 nitrogen and oxygen atoms in total. The molecule has 1 saturated heterocycles. The maximum absolute atomic E-state index is 11.3. The molecule has 0 aliphatic carbocycles. The molecule has 0 saturated carbocycles. The molecular weight excluding hydrogens is 432 g/mol. The molecule has 1 aromatic rings. The van der Waals surface area contributed by atoms with Gasteiger partial charge in [-0.25, -0.2) is 9.59 Å². The molecule has 12 heteroatoms. The molecule has 166 valence electrons. The highest BCUT2D eigenvalue weighted by atomic mass is 32.1. The van der Waals surface area contributed by atoms with E-state index in [1.807, 2.05) is 0 Å². The molecule has 4 N–H and O–H groups in total. The monoisotopic (exact) mass is 458 g/mol. The molecule has 2 amide bonds. The predicted octanol–water partition coefficient (Wildman–Crippen LogP) is 2.61. The lowest BCUT2D eigenvalue weighted by molar-refractivity contribution is -0.0334. The minimum absolute atomic E-state index is 0.0620. The number of benzene rings is 1. The maximum atomic E-state index is 11.3. The number of nitrogens with one attached hydrogen (secondary N) is 4. The van der Waals surface area contributed by atoms with Crippen LogP contribution in [0, 0.1) is 0 Å². The zero-order valence-electron chi connectivity index (χ0n) is 16.8. The van der Waals surface area contributed by atoms with Gasteiger partial charge in [0.05, 0.1) is 51.0 Å². The molecule has 0 aromatic heterocycles. The van der Waals surface area contributed by atoms with Crippen molar-refractivity contribution in [3.05, 3.63) is 24.3 Å². The van der Waals surface area contributed by atoms with Crippen LogP contribution in [-0.2, 0) is 18.9 Å². The minimum atomic E-state index is -0.653. The van der Waals surface area contributed by atoms with Crippen LogP contribution in [0.4, 0.5) is 21.0 Å². The molecule has 1 aromatic carbocycles. The van der Waals surface area contributed by atoms with Crippen LogP contribution < -0.4 is 21.3 Å². The van der Waals surface area contributed by atoms with Gasteiger partial charge in [0.2, 0.25) is 0 Å². The summed E-state index contributed by atoms with van der Waals surface area (Å²) in [4.78, 5) is 22.7. The van der Waals surface area contributed by atoms with Crippen LogP contribution >= 0.6 is 24.4 Å². The van der Waals surface area contributed by atoms with Gasteiger partial charge in [-0.2, -0.15) is 0 Å². The third-order valence-electron chi connectivity index (χ3n) is 3.15. The molecule has 1 aliphatic heterocycles. The third-order valence-corrected chi connectivity index (χ3v) is 3.56. The van der Waals surface area contributed by atoms with E-state index < -0.39 is 12.2 Å². The molecule has 0 unspecified atom stereocenters. The van der Waals surface area contributed by atoms with E-state index in [0.717, 1.165) is 26.4 Å². The molecule has 30 heavy (non-hydrogen) atoms. The van der Waals surface area contributed by atoms with Gasteiger partial charge in [0.25, 0.3) is 0 Å². The average Bonchev–Trinajstić information content (AvgIpc) is 2.71. The first-order valence-electron chi connectivity index (χ1n) is 9.20. The van der Waals surface area contributed by atoms with Gasteiger partial charge in [-0.05, 0) is 50.4 Å². The number of carbonyl (C=O) groups excluding carboxylic acids is 2. The summed E-state index contributed by atoms with van der Waals surface area (Å²) >= 11 is 10.1. The van der Waals surface area contributed by atoms with Gasteiger partial charge in [-0.3, -0.25) is 10.6 Å². The van der Waals surface area contributed by atoms with E-state index in [2.05, 4.69) is 21.3 Å². The quantitative estimate of drug-likeness (QED) is 0.501. The van der Waals surface area contributed by atoms with Crippen molar-refractivity contribution in [1.29, 1.82) is 0 Å². The van der Waals surface area contributed by atoms with Gasteiger partial charge >= 0.3 is 12.2 Å². The Morgan fingerprint density at radius 3 is 1.50 bits per heavy atom. The van der Waals surface area contributed by atoms with E-state index in [0.29, 0.717) is 11.4 Å². The predicted molar refractivity (Wildman–Crippen MR) is 121 cm³/mol. The van der Waals surface area contributed by atoms with Crippen LogP contribution in [-0.4, -0.2) is 62.1 Å². The van der Waals surface area contributed by atoms with Crippen molar-refractivity contribution >= 4 is 58.2 Å². The number of anilines is 2. The molecule has 0 bridgehead atoms. The number of amides is 2. The lowest BCUT2D eigenvalue weighted by Gasteiger charge is -2.15. The zero-order valence-corrected chi connectivity index (χ0v) is 18.5. The van der Waals surface area contributed by atoms with Crippen LogP contribution in [0.3, 0.4) is 0 Å². The van der Waals surface area contributed by atoms with Crippen molar-refractivity contribution in [3.63, 3.8) is 0 Å². The molecule has 1 fully saturated rings. The number of hydrogen-bond acceptors (Lipinski definition) is 8. The number of hydrogen-bond donors (Lipinski definition) is 4. The average molecular weight is 459 g/mol. The Bertz CT molecular complexity index is 651. The van der Waals surface area contributed by atoms with Crippen LogP contribution in [0.15, 0.2) is 24.3 Å². The Labute approximate surface area is 186 Å². The summed E-state index contributed by atoms with van der Waals surface area (Å²) in [5.41, 5.74) is 1.10. The van der Waals surface area contributed by atoms with Gasteiger partial charge in [-0.15, -0.1) is 0 Å². The lowest BCUT2D eigenvalue weighted by atomic mass is 10.2. The summed E-state index contributed by atoms with van der Waals surface area (Å²) in [5.74, 6) is 0. The number of thiocarbonyl (C=S) groups is 2. The van der Waals surface area contributed by atoms with E-state index in [-0.39, 0.29) is 23.4 Å². The molecule has 0 atom stereocenters. The Kier molecular flexibility index (Phi) is 13.0. The van der Waals surface area contributed by atoms with Crippen LogP contribution in [0.2, 0.25) is 0 Å². The number of ether oxygens (including phenoxy) is 4. The fourth-order valence-electron chi connectivity index (χ4n) is 1.97. The topological polar surface area (TPSA) is 119 Å². The highest BCUT2D eigenvalue weighted by Gasteiger charge is 2.10. The van der Waals surface area contributed by atoms with Crippen LogP contribution in [0.25, 0.3) is 0 Å². The summed E-state index contributed by atoms with van der Waals surface area (Å²) < 4.78 is 19.4. The van der Waals surface area contributed by atoms with Crippen molar-refractivity contribution in [2.75, 3.05) is 50.3 Å². The van der Waals surface area contributed by atoms with Gasteiger partial charge < -0.3 is 29.6 Å². The molecule has 0 spiro atoms. The largest absolute Gasteiger partial charge is 0.450 e. The molecular formula is C18H26N4O6S2. The zero-order chi connectivity index (χ0) is 22.2. The Morgan fingerprint density at radius 2 is 1.20 bits per heavy atom. The standard InChI is InChI=1S/C14H18N4O4S2.C4H8O2/c1-3-21-13(19)17-11(23)15-9-7-5-6-8-10(9)16-12(24)18-14(20)22-4-2;1-2-6-4-3-5-1/h5-8H,3-4H2,1-2H3,(H2,15,17,19,23)(H2,16,18,20,24);1-4H2. The maximum Gasteiger partial charge on any atom is 0.413 e. The van der Waals surface area contributed by atoms with E-state index in [9.17, 15) is 9.59 Å². The highest BCUT2D eigenvalue weighted by Crippen LogP contribution is 2.20. The first kappa shape index (κ1) is 25.5. The fraction of sp³-hybridized carbons (Fsp3) is 0.444. The van der Waals surface area contributed by atoms with Crippen molar-refractivity contribution in [1.82, 2.24) is 10.6 Å². The van der Waals surface area contributed by atoms with E-state index in [1.165, 1.54) is 0 Å². The van der Waals surface area contributed by atoms with E-state index >= 15 is 0 Å². The smallest absolute Gasteiger partial charge is 0.413 e. The Hall–Kier alpha value is -2.54. The number of para-hydroxylation sites is 2. The van der Waals surface area contributed by atoms with Crippen molar-refractivity contribution in [2.45, 2.75) is 13.8 Å². The van der Waals surface area contributed by atoms with Gasteiger partial charge in [0.15, 0.2) is 10.2 Å². The molecule has 1 aliphatic rings.